The lowest BCUT2D eigenvalue weighted by Crippen LogP contribution is -2.42. The van der Waals surface area contributed by atoms with Crippen LogP contribution in [0.4, 0.5) is 0 Å². The summed E-state index contributed by atoms with van der Waals surface area (Å²) in [4.78, 5) is 12.1. The number of carbonyl (C=O) groups excluding carboxylic acids is 1. The van der Waals surface area contributed by atoms with Crippen LogP contribution in [0.1, 0.15) is 47.5 Å². The molecule has 0 aliphatic carbocycles. The summed E-state index contributed by atoms with van der Waals surface area (Å²) in [6, 6.07) is -0.341. The highest BCUT2D eigenvalue weighted by molar-refractivity contribution is 5.87. The van der Waals surface area contributed by atoms with Crippen molar-refractivity contribution in [3.63, 3.8) is 0 Å². The van der Waals surface area contributed by atoms with E-state index in [-0.39, 0.29) is 28.9 Å². The molecule has 0 saturated carbocycles. The molecule has 3 nitrogen and oxygen atoms in total. The Hall–Kier alpha value is -0.410. The van der Waals surface area contributed by atoms with Crippen LogP contribution in [0.2, 0.25) is 0 Å². The SMILES string of the molecule is CCC(N)C(=O)C1CC(C)(C)OC1(C)C. The molecule has 0 bridgehead atoms. The van der Waals surface area contributed by atoms with E-state index in [0.717, 1.165) is 6.42 Å². The van der Waals surface area contributed by atoms with Gasteiger partial charge in [0.05, 0.1) is 23.2 Å². The fraction of sp³-hybridized carbons (Fsp3) is 0.917. The van der Waals surface area contributed by atoms with Crippen molar-refractivity contribution in [2.45, 2.75) is 64.7 Å². The first-order chi connectivity index (χ1) is 6.69. The molecule has 1 aliphatic rings. The minimum absolute atomic E-state index is 0.0672. The number of nitrogens with two attached hydrogens (primary N) is 1. The van der Waals surface area contributed by atoms with Crippen LogP contribution in [0.3, 0.4) is 0 Å². The van der Waals surface area contributed by atoms with Crippen molar-refractivity contribution in [2.75, 3.05) is 0 Å². The lowest BCUT2D eigenvalue weighted by Gasteiger charge is -2.27. The third-order valence-corrected chi connectivity index (χ3v) is 3.22. The van der Waals surface area contributed by atoms with Crippen molar-refractivity contribution in [1.82, 2.24) is 0 Å². The summed E-state index contributed by atoms with van der Waals surface area (Å²) in [6.07, 6.45) is 1.47. The van der Waals surface area contributed by atoms with E-state index in [9.17, 15) is 4.79 Å². The Balaban J connectivity index is 2.83. The topological polar surface area (TPSA) is 52.3 Å². The quantitative estimate of drug-likeness (QED) is 0.779. The molecule has 2 unspecified atom stereocenters. The maximum atomic E-state index is 12.1. The largest absolute Gasteiger partial charge is 0.369 e. The molecule has 1 saturated heterocycles. The summed E-state index contributed by atoms with van der Waals surface area (Å²) in [7, 11) is 0. The molecule has 0 aromatic rings. The zero-order valence-electron chi connectivity index (χ0n) is 10.5. The molecule has 2 atom stereocenters. The molecule has 3 heteroatoms. The second-order valence-corrected chi connectivity index (χ2v) is 5.64. The summed E-state index contributed by atoms with van der Waals surface area (Å²) in [5, 5.41) is 0. The third kappa shape index (κ3) is 2.58. The van der Waals surface area contributed by atoms with Gasteiger partial charge in [0.25, 0.3) is 0 Å². The lowest BCUT2D eigenvalue weighted by atomic mass is 9.81. The third-order valence-electron chi connectivity index (χ3n) is 3.22. The van der Waals surface area contributed by atoms with Gasteiger partial charge in [0.1, 0.15) is 0 Å². The Morgan fingerprint density at radius 3 is 2.33 bits per heavy atom. The molecule has 1 rings (SSSR count). The Kier molecular flexibility index (Phi) is 3.27. The van der Waals surface area contributed by atoms with Crippen LogP contribution >= 0.6 is 0 Å². The van der Waals surface area contributed by atoms with Gasteiger partial charge in [-0.05, 0) is 40.5 Å². The van der Waals surface area contributed by atoms with E-state index in [1.165, 1.54) is 0 Å². The van der Waals surface area contributed by atoms with E-state index in [1.54, 1.807) is 0 Å². The first kappa shape index (κ1) is 12.7. The molecule has 0 aromatic heterocycles. The van der Waals surface area contributed by atoms with E-state index in [2.05, 4.69) is 0 Å². The smallest absolute Gasteiger partial charge is 0.155 e. The van der Waals surface area contributed by atoms with Crippen molar-refractivity contribution in [3.05, 3.63) is 0 Å². The van der Waals surface area contributed by atoms with Crippen LogP contribution < -0.4 is 5.73 Å². The van der Waals surface area contributed by atoms with Crippen molar-refractivity contribution < 1.29 is 9.53 Å². The summed E-state index contributed by atoms with van der Waals surface area (Å²) >= 11 is 0. The average Bonchev–Trinajstić information content (AvgIpc) is 2.31. The van der Waals surface area contributed by atoms with Gasteiger partial charge in [-0.1, -0.05) is 6.92 Å². The molecule has 1 fully saturated rings. The number of ketones is 1. The second kappa shape index (κ2) is 3.87. The van der Waals surface area contributed by atoms with Gasteiger partial charge in [-0.25, -0.2) is 0 Å². The fourth-order valence-electron chi connectivity index (χ4n) is 2.47. The Morgan fingerprint density at radius 1 is 1.47 bits per heavy atom. The van der Waals surface area contributed by atoms with E-state index in [4.69, 9.17) is 10.5 Å². The molecule has 0 aromatic carbocycles. The standard InChI is InChI=1S/C12H23NO2/c1-6-9(13)10(14)8-7-11(2,3)15-12(8,4)5/h8-9H,6-7,13H2,1-5H3. The maximum absolute atomic E-state index is 12.1. The van der Waals surface area contributed by atoms with Crippen LogP contribution in [-0.4, -0.2) is 23.0 Å². The monoisotopic (exact) mass is 213 g/mol. The Labute approximate surface area is 92.4 Å². The normalized spacial score (nSPS) is 30.1. The van der Waals surface area contributed by atoms with Crippen molar-refractivity contribution in [3.8, 4) is 0 Å². The summed E-state index contributed by atoms with van der Waals surface area (Å²) in [5.74, 6) is 0.0792. The van der Waals surface area contributed by atoms with Crippen molar-refractivity contribution in [2.24, 2.45) is 11.7 Å². The van der Waals surface area contributed by atoms with Crippen LogP contribution in [-0.2, 0) is 9.53 Å². The summed E-state index contributed by atoms with van der Waals surface area (Å²) in [6.45, 7) is 9.95. The summed E-state index contributed by atoms with van der Waals surface area (Å²) < 4.78 is 5.89. The van der Waals surface area contributed by atoms with Gasteiger partial charge in [0, 0.05) is 0 Å². The number of rotatable bonds is 3. The molecule has 15 heavy (non-hydrogen) atoms. The Bertz CT molecular complexity index is 258. The Morgan fingerprint density at radius 2 is 2.00 bits per heavy atom. The van der Waals surface area contributed by atoms with E-state index in [0.29, 0.717) is 6.42 Å². The molecule has 2 N–H and O–H groups in total. The molecule has 0 spiro atoms. The maximum Gasteiger partial charge on any atom is 0.155 e. The highest BCUT2D eigenvalue weighted by Gasteiger charge is 2.49. The van der Waals surface area contributed by atoms with Gasteiger partial charge in [0.15, 0.2) is 5.78 Å². The average molecular weight is 213 g/mol. The second-order valence-electron chi connectivity index (χ2n) is 5.64. The van der Waals surface area contributed by atoms with Crippen LogP contribution in [0.5, 0.6) is 0 Å². The van der Waals surface area contributed by atoms with E-state index in [1.807, 2.05) is 34.6 Å². The predicted octanol–water partition coefficient (Wildman–Crippen LogP) is 1.89. The van der Waals surface area contributed by atoms with Gasteiger partial charge in [-0.3, -0.25) is 4.79 Å². The number of ether oxygens (including phenoxy) is 1. The molecule has 1 heterocycles. The van der Waals surface area contributed by atoms with E-state index < -0.39 is 0 Å². The van der Waals surface area contributed by atoms with Gasteiger partial charge in [-0.2, -0.15) is 0 Å². The van der Waals surface area contributed by atoms with E-state index >= 15 is 0 Å². The fourth-order valence-corrected chi connectivity index (χ4v) is 2.47. The van der Waals surface area contributed by atoms with Crippen LogP contribution in [0, 0.1) is 5.92 Å². The predicted molar refractivity (Wildman–Crippen MR) is 60.6 cm³/mol. The summed E-state index contributed by atoms with van der Waals surface area (Å²) in [5.41, 5.74) is 5.21. The number of carbonyl (C=O) groups is 1. The molecular formula is C12H23NO2. The highest BCUT2D eigenvalue weighted by atomic mass is 16.5. The minimum Gasteiger partial charge on any atom is -0.369 e. The molecule has 0 radical (unpaired) electrons. The number of hydrogen-bond acceptors (Lipinski definition) is 3. The lowest BCUT2D eigenvalue weighted by molar-refractivity contribution is -0.130. The first-order valence-electron chi connectivity index (χ1n) is 5.69. The number of hydrogen-bond donors (Lipinski definition) is 1. The van der Waals surface area contributed by atoms with Gasteiger partial charge >= 0.3 is 0 Å². The molecule has 1 aliphatic heterocycles. The van der Waals surface area contributed by atoms with Crippen molar-refractivity contribution in [1.29, 1.82) is 0 Å². The minimum atomic E-state index is -0.382. The van der Waals surface area contributed by atoms with Crippen LogP contribution in [0.25, 0.3) is 0 Å². The van der Waals surface area contributed by atoms with Gasteiger partial charge in [0.2, 0.25) is 0 Å². The van der Waals surface area contributed by atoms with Gasteiger partial charge < -0.3 is 10.5 Å². The molecule has 0 amide bonds. The molecular weight excluding hydrogens is 190 g/mol. The number of Topliss-reactive ketones (excluding diaryl/α,β-unsaturated/α-hetero) is 1. The van der Waals surface area contributed by atoms with Gasteiger partial charge in [-0.15, -0.1) is 0 Å². The zero-order valence-corrected chi connectivity index (χ0v) is 10.5. The highest BCUT2D eigenvalue weighted by Crippen LogP contribution is 2.42. The van der Waals surface area contributed by atoms with Crippen LogP contribution in [0.15, 0.2) is 0 Å². The molecule has 88 valence electrons. The first-order valence-corrected chi connectivity index (χ1v) is 5.69. The zero-order chi connectivity index (χ0) is 11.9. The van der Waals surface area contributed by atoms with Crippen molar-refractivity contribution >= 4 is 5.78 Å².